The van der Waals surface area contributed by atoms with Crippen LogP contribution in [0.2, 0.25) is 10.0 Å². The molecule has 0 saturated heterocycles. The second-order valence-electron chi connectivity index (χ2n) is 10.3. The molecule has 0 bridgehead atoms. The molecule has 0 atom stereocenters. The zero-order chi connectivity index (χ0) is 34.9. The van der Waals surface area contributed by atoms with Gasteiger partial charge in [-0.3, -0.25) is 9.59 Å². The Bertz CT molecular complexity index is 1940. The fourth-order valence-corrected chi connectivity index (χ4v) is 5.66. The van der Waals surface area contributed by atoms with Crippen LogP contribution in [-0.4, -0.2) is 21.6 Å². The molecule has 0 radical (unpaired) electrons. The molecule has 2 amide bonds. The van der Waals surface area contributed by atoms with Gasteiger partial charge < -0.3 is 9.80 Å². The van der Waals surface area contributed by atoms with Gasteiger partial charge in [-0.1, -0.05) is 47.5 Å². The van der Waals surface area contributed by atoms with Crippen LogP contribution >= 0.6 is 23.2 Å². The molecule has 6 rings (SSSR count). The van der Waals surface area contributed by atoms with Crippen molar-refractivity contribution in [2.45, 2.75) is 13.1 Å². The standard InChI is InChI=1S/C32H12Cl2F10N2O2/c33-13-5-1-11(2-6-13)29-17-18(32(48)45(29)9-15-19(35)23(39)27(43)24(40)20(15)36)30(12-3-7-14(34)8-4-12)46(31(17)47)10-16-21(37)25(41)28(44)26(42)22(16)38/h1-8H,9-10H2. The number of benzene rings is 4. The van der Waals surface area contributed by atoms with E-state index in [4.69, 9.17) is 23.2 Å². The summed E-state index contributed by atoms with van der Waals surface area (Å²) in [4.78, 5) is 29.4. The highest BCUT2D eigenvalue weighted by Crippen LogP contribution is 2.48. The molecule has 246 valence electrons. The summed E-state index contributed by atoms with van der Waals surface area (Å²) in [6.07, 6.45) is 0. The molecular weight excluding hydrogens is 705 g/mol. The molecule has 2 aliphatic heterocycles. The molecule has 0 fully saturated rings. The number of halogens is 12. The topological polar surface area (TPSA) is 40.6 Å². The molecular formula is C32H12Cl2F10N2O2. The van der Waals surface area contributed by atoms with Crippen molar-refractivity contribution >= 4 is 46.4 Å². The predicted octanol–water partition coefficient (Wildman–Crippen LogP) is 8.59. The number of hydrogen-bond acceptors (Lipinski definition) is 2. The Hall–Kier alpha value is -4.82. The zero-order valence-corrected chi connectivity index (χ0v) is 24.8. The number of carbonyl (C=O) groups excluding carboxylic acids is 2. The first-order valence-corrected chi connectivity index (χ1v) is 14.1. The molecule has 0 unspecified atom stereocenters. The average Bonchev–Trinajstić information content (AvgIpc) is 3.51. The van der Waals surface area contributed by atoms with E-state index in [1.54, 1.807) is 0 Å². The summed E-state index contributed by atoms with van der Waals surface area (Å²) in [6.45, 7) is -2.62. The molecule has 4 aromatic carbocycles. The van der Waals surface area contributed by atoms with Crippen LogP contribution in [0.1, 0.15) is 22.3 Å². The van der Waals surface area contributed by atoms with Crippen molar-refractivity contribution in [2.75, 3.05) is 0 Å². The van der Waals surface area contributed by atoms with Gasteiger partial charge in [0.1, 0.15) is 0 Å². The molecule has 2 heterocycles. The van der Waals surface area contributed by atoms with Gasteiger partial charge in [-0.2, -0.15) is 0 Å². The summed E-state index contributed by atoms with van der Waals surface area (Å²) in [5.74, 6) is -25.7. The maximum Gasteiger partial charge on any atom is 0.261 e. The molecule has 0 N–H and O–H groups in total. The van der Waals surface area contributed by atoms with Crippen LogP contribution < -0.4 is 0 Å². The highest BCUT2D eigenvalue weighted by atomic mass is 35.5. The van der Waals surface area contributed by atoms with E-state index >= 15 is 0 Å². The number of rotatable bonds is 6. The van der Waals surface area contributed by atoms with Gasteiger partial charge in [0.2, 0.25) is 11.6 Å². The number of hydrogen-bond donors (Lipinski definition) is 0. The highest BCUT2D eigenvalue weighted by molar-refractivity contribution is 6.32. The first kappa shape index (κ1) is 33.1. The molecule has 4 nitrogen and oxygen atoms in total. The number of carbonyl (C=O) groups is 2. The van der Waals surface area contributed by atoms with Crippen molar-refractivity contribution in [1.82, 2.24) is 9.80 Å². The summed E-state index contributed by atoms with van der Waals surface area (Å²) in [5, 5.41) is 0.284. The number of fused-ring (bicyclic) bond motifs is 1. The van der Waals surface area contributed by atoms with Crippen molar-refractivity contribution in [2.24, 2.45) is 0 Å². The minimum atomic E-state index is -2.46. The second-order valence-corrected chi connectivity index (χ2v) is 11.2. The Morgan fingerprint density at radius 2 is 0.667 bits per heavy atom. The lowest BCUT2D eigenvalue weighted by atomic mass is 10.0. The molecule has 0 aromatic heterocycles. The van der Waals surface area contributed by atoms with Crippen LogP contribution in [0.4, 0.5) is 43.9 Å². The normalized spacial score (nSPS) is 14.7. The van der Waals surface area contributed by atoms with Gasteiger partial charge in [0, 0.05) is 21.2 Å². The lowest BCUT2D eigenvalue weighted by molar-refractivity contribution is -0.124. The van der Waals surface area contributed by atoms with Crippen LogP contribution in [0.3, 0.4) is 0 Å². The first-order valence-electron chi connectivity index (χ1n) is 13.3. The molecule has 48 heavy (non-hydrogen) atoms. The van der Waals surface area contributed by atoms with Crippen LogP contribution in [0.25, 0.3) is 11.4 Å². The summed E-state index contributed by atoms with van der Waals surface area (Å²) in [5.41, 5.74) is -5.05. The Labute approximate surface area is 272 Å². The third kappa shape index (κ3) is 5.01. The van der Waals surface area contributed by atoms with E-state index in [0.717, 1.165) is 0 Å². The summed E-state index contributed by atoms with van der Waals surface area (Å²) in [6, 6.07) is 10.1. The average molecular weight is 717 g/mol. The summed E-state index contributed by atoms with van der Waals surface area (Å²) >= 11 is 11.9. The maximum atomic E-state index is 14.8. The smallest absolute Gasteiger partial charge is 0.261 e. The van der Waals surface area contributed by atoms with E-state index in [9.17, 15) is 53.5 Å². The predicted molar refractivity (Wildman–Crippen MR) is 150 cm³/mol. The molecule has 0 spiro atoms. The van der Waals surface area contributed by atoms with E-state index in [-0.39, 0.29) is 21.2 Å². The van der Waals surface area contributed by atoms with E-state index in [0.29, 0.717) is 9.80 Å². The van der Waals surface area contributed by atoms with E-state index in [1.165, 1.54) is 48.5 Å². The Morgan fingerprint density at radius 3 is 0.938 bits per heavy atom. The van der Waals surface area contributed by atoms with Gasteiger partial charge in [0.25, 0.3) is 11.8 Å². The molecule has 2 aliphatic rings. The number of amides is 2. The minimum absolute atomic E-state index is 0.0523. The second kappa shape index (κ2) is 12.0. The Kier molecular flexibility index (Phi) is 8.28. The Balaban J connectivity index is 1.62. The SMILES string of the molecule is O=C1C2=C(c3ccc(Cl)cc3)N(Cc3c(F)c(F)c(F)c(F)c3F)C(=O)C2=C(c2ccc(Cl)cc2)N1Cc1c(F)c(F)c(F)c(F)c1F. The monoisotopic (exact) mass is 716 g/mol. The van der Waals surface area contributed by atoms with Crippen molar-refractivity contribution in [3.63, 3.8) is 0 Å². The Morgan fingerprint density at radius 1 is 0.417 bits per heavy atom. The van der Waals surface area contributed by atoms with Crippen molar-refractivity contribution in [3.05, 3.63) is 150 Å². The van der Waals surface area contributed by atoms with Crippen molar-refractivity contribution in [3.8, 4) is 0 Å². The van der Waals surface area contributed by atoms with Crippen LogP contribution in [0.15, 0.2) is 59.7 Å². The molecule has 4 aromatic rings. The number of nitrogens with zero attached hydrogens (tertiary/aromatic N) is 2. The molecule has 16 heteroatoms. The van der Waals surface area contributed by atoms with Crippen LogP contribution in [0, 0.1) is 58.2 Å². The van der Waals surface area contributed by atoms with E-state index in [1.807, 2.05) is 0 Å². The highest BCUT2D eigenvalue weighted by Gasteiger charge is 2.50. The van der Waals surface area contributed by atoms with E-state index < -0.39 is 117 Å². The van der Waals surface area contributed by atoms with Gasteiger partial charge in [0.05, 0.1) is 35.6 Å². The van der Waals surface area contributed by atoms with Gasteiger partial charge in [-0.15, -0.1) is 0 Å². The molecule has 0 saturated carbocycles. The van der Waals surface area contributed by atoms with E-state index in [2.05, 4.69) is 0 Å². The largest absolute Gasteiger partial charge is 0.302 e. The third-order valence-electron chi connectivity index (χ3n) is 7.65. The zero-order valence-electron chi connectivity index (χ0n) is 23.3. The van der Waals surface area contributed by atoms with Gasteiger partial charge >= 0.3 is 0 Å². The summed E-state index contributed by atoms with van der Waals surface area (Å²) in [7, 11) is 0. The van der Waals surface area contributed by atoms with Crippen LogP contribution in [0.5, 0.6) is 0 Å². The van der Waals surface area contributed by atoms with Gasteiger partial charge in [-0.25, -0.2) is 43.9 Å². The van der Waals surface area contributed by atoms with Crippen LogP contribution in [-0.2, 0) is 22.7 Å². The fourth-order valence-electron chi connectivity index (χ4n) is 5.41. The maximum absolute atomic E-state index is 14.8. The minimum Gasteiger partial charge on any atom is -0.302 e. The lowest BCUT2D eigenvalue weighted by Gasteiger charge is -2.26. The summed E-state index contributed by atoms with van der Waals surface area (Å²) < 4.78 is 144. The van der Waals surface area contributed by atoms with Crippen molar-refractivity contribution < 1.29 is 53.5 Å². The third-order valence-corrected chi connectivity index (χ3v) is 8.15. The van der Waals surface area contributed by atoms with Crippen molar-refractivity contribution in [1.29, 1.82) is 0 Å². The quantitative estimate of drug-likeness (QED) is 0.114. The lowest BCUT2D eigenvalue weighted by Crippen LogP contribution is -2.31. The fraction of sp³-hybridized carbons (Fsp3) is 0.0625. The van der Waals surface area contributed by atoms with Gasteiger partial charge in [-0.05, 0) is 35.4 Å². The molecule has 0 aliphatic carbocycles. The van der Waals surface area contributed by atoms with Gasteiger partial charge in [0.15, 0.2) is 46.5 Å². The first-order chi connectivity index (χ1) is 22.6.